The fraction of sp³-hybridized carbons (Fsp3) is 0.533. The third kappa shape index (κ3) is 2.49. The van der Waals surface area contributed by atoms with Crippen LogP contribution >= 0.6 is 11.6 Å². The van der Waals surface area contributed by atoms with Crippen molar-refractivity contribution < 1.29 is 9.13 Å². The lowest BCUT2D eigenvalue weighted by Gasteiger charge is -2.20. The normalized spacial score (nSPS) is 13.2. The minimum absolute atomic E-state index is 0.225. The van der Waals surface area contributed by atoms with E-state index in [0.29, 0.717) is 11.6 Å². The van der Waals surface area contributed by atoms with Gasteiger partial charge in [0, 0.05) is 18.2 Å². The van der Waals surface area contributed by atoms with E-state index in [1.165, 1.54) is 13.2 Å². The molecule has 110 valence electrons. The van der Waals surface area contributed by atoms with Crippen molar-refractivity contribution in [2.45, 2.75) is 45.0 Å². The van der Waals surface area contributed by atoms with Crippen LogP contribution in [0, 0.1) is 5.82 Å². The molecule has 0 N–H and O–H groups in total. The second kappa shape index (κ2) is 6.00. The van der Waals surface area contributed by atoms with Gasteiger partial charge in [-0.3, -0.25) is 0 Å². The first kappa shape index (κ1) is 15.1. The molecule has 3 nitrogen and oxygen atoms in total. The average Bonchev–Trinajstić information content (AvgIpc) is 2.78. The number of fused-ring (bicyclic) bond motifs is 1. The maximum absolute atomic E-state index is 13.8. The summed E-state index contributed by atoms with van der Waals surface area (Å²) in [7, 11) is 1.47. The highest BCUT2D eigenvalue weighted by atomic mass is 35.5. The Morgan fingerprint density at radius 2 is 2.00 bits per heavy atom. The van der Waals surface area contributed by atoms with E-state index in [1.807, 2.05) is 6.92 Å². The van der Waals surface area contributed by atoms with Crippen LogP contribution in [0.2, 0.25) is 0 Å². The molecule has 0 aliphatic carbocycles. The molecule has 1 aromatic carbocycles. The zero-order valence-corrected chi connectivity index (χ0v) is 13.0. The Balaban J connectivity index is 2.75. The standard InChI is InChI=1S/C15H20ClFN2O/c1-5-10(6-2)19-13-8-14(20-4)11(17)7-12(13)18-15(19)9(3)16/h7-10H,5-6H2,1-4H3. The Morgan fingerprint density at radius 1 is 1.35 bits per heavy atom. The second-order valence-corrected chi connectivity index (χ2v) is 5.56. The van der Waals surface area contributed by atoms with E-state index in [0.717, 1.165) is 24.2 Å². The Labute approximate surface area is 123 Å². The highest BCUT2D eigenvalue weighted by Gasteiger charge is 2.21. The van der Waals surface area contributed by atoms with Gasteiger partial charge in [0.2, 0.25) is 0 Å². The van der Waals surface area contributed by atoms with Gasteiger partial charge in [-0.05, 0) is 19.8 Å². The lowest BCUT2D eigenvalue weighted by molar-refractivity contribution is 0.387. The molecule has 0 saturated heterocycles. The largest absolute Gasteiger partial charge is 0.494 e. The number of hydrogen-bond donors (Lipinski definition) is 0. The molecule has 20 heavy (non-hydrogen) atoms. The van der Waals surface area contributed by atoms with Gasteiger partial charge in [-0.15, -0.1) is 11.6 Å². The van der Waals surface area contributed by atoms with Crippen LogP contribution in [0.25, 0.3) is 11.0 Å². The smallest absolute Gasteiger partial charge is 0.167 e. The molecule has 0 saturated carbocycles. The molecule has 0 aliphatic heterocycles. The number of rotatable bonds is 5. The van der Waals surface area contributed by atoms with Gasteiger partial charge >= 0.3 is 0 Å². The maximum Gasteiger partial charge on any atom is 0.167 e. The molecule has 0 amide bonds. The fourth-order valence-electron chi connectivity index (χ4n) is 2.59. The van der Waals surface area contributed by atoms with Crippen molar-refractivity contribution in [3.05, 3.63) is 23.8 Å². The number of hydrogen-bond acceptors (Lipinski definition) is 2. The molecule has 1 atom stereocenters. The van der Waals surface area contributed by atoms with Gasteiger partial charge in [0.15, 0.2) is 11.6 Å². The molecule has 2 aromatic rings. The van der Waals surface area contributed by atoms with Gasteiger partial charge < -0.3 is 9.30 Å². The summed E-state index contributed by atoms with van der Waals surface area (Å²) < 4.78 is 21.0. The van der Waals surface area contributed by atoms with Gasteiger partial charge in [0.25, 0.3) is 0 Å². The van der Waals surface area contributed by atoms with Gasteiger partial charge in [0.05, 0.1) is 23.5 Å². The van der Waals surface area contributed by atoms with E-state index in [2.05, 4.69) is 23.4 Å². The molecule has 0 fully saturated rings. The van der Waals surface area contributed by atoms with E-state index in [1.54, 1.807) is 6.07 Å². The minimum atomic E-state index is -0.400. The second-order valence-electron chi connectivity index (χ2n) is 4.90. The lowest BCUT2D eigenvalue weighted by Crippen LogP contribution is -2.11. The van der Waals surface area contributed by atoms with Gasteiger partial charge in [-0.2, -0.15) is 0 Å². The van der Waals surface area contributed by atoms with Crippen LogP contribution in [0.5, 0.6) is 5.75 Å². The van der Waals surface area contributed by atoms with Crippen molar-refractivity contribution in [3.63, 3.8) is 0 Å². The van der Waals surface area contributed by atoms with E-state index < -0.39 is 5.82 Å². The van der Waals surface area contributed by atoms with E-state index >= 15 is 0 Å². The van der Waals surface area contributed by atoms with E-state index in [9.17, 15) is 4.39 Å². The zero-order valence-electron chi connectivity index (χ0n) is 12.3. The summed E-state index contributed by atoms with van der Waals surface area (Å²) in [6.07, 6.45) is 1.94. The predicted molar refractivity (Wildman–Crippen MR) is 80.1 cm³/mol. The summed E-state index contributed by atoms with van der Waals surface area (Å²) >= 11 is 6.24. The fourth-order valence-corrected chi connectivity index (χ4v) is 2.74. The van der Waals surface area contributed by atoms with E-state index in [4.69, 9.17) is 16.3 Å². The Bertz CT molecular complexity index is 605. The summed E-state index contributed by atoms with van der Waals surface area (Å²) in [6.45, 7) is 6.14. The molecule has 2 rings (SSSR count). The van der Waals surface area contributed by atoms with Crippen molar-refractivity contribution in [1.82, 2.24) is 9.55 Å². The monoisotopic (exact) mass is 298 g/mol. The molecule has 1 unspecified atom stereocenters. The topological polar surface area (TPSA) is 27.1 Å². The molecule has 0 radical (unpaired) electrons. The molecule has 1 aromatic heterocycles. The molecular weight excluding hydrogens is 279 g/mol. The number of halogens is 2. The Morgan fingerprint density at radius 3 is 2.50 bits per heavy atom. The van der Waals surface area contributed by atoms with Crippen molar-refractivity contribution in [2.75, 3.05) is 7.11 Å². The van der Waals surface area contributed by atoms with Crippen LogP contribution in [0.4, 0.5) is 4.39 Å². The number of imidazole rings is 1. The van der Waals surface area contributed by atoms with Crippen molar-refractivity contribution in [2.24, 2.45) is 0 Å². The van der Waals surface area contributed by atoms with Crippen molar-refractivity contribution in [3.8, 4) is 5.75 Å². The summed E-state index contributed by atoms with van der Waals surface area (Å²) in [5, 5.41) is -0.225. The van der Waals surface area contributed by atoms with Crippen molar-refractivity contribution >= 4 is 22.6 Å². The number of methoxy groups -OCH3 is 1. The summed E-state index contributed by atoms with van der Waals surface area (Å²) in [5.74, 6) is 0.615. The SMILES string of the molecule is CCC(CC)n1c(C(C)Cl)nc2cc(F)c(OC)cc21. The Kier molecular flexibility index (Phi) is 4.53. The number of ether oxygens (including phenoxy) is 1. The third-order valence-corrected chi connectivity index (χ3v) is 3.85. The van der Waals surface area contributed by atoms with Gasteiger partial charge in [-0.25, -0.2) is 9.37 Å². The zero-order chi connectivity index (χ0) is 14.9. The number of alkyl halides is 1. The lowest BCUT2D eigenvalue weighted by atomic mass is 10.1. The Hall–Kier alpha value is -1.29. The first-order chi connectivity index (χ1) is 9.53. The molecule has 0 bridgehead atoms. The predicted octanol–water partition coefficient (Wildman–Crippen LogP) is 4.84. The molecule has 1 heterocycles. The van der Waals surface area contributed by atoms with Crippen LogP contribution < -0.4 is 4.74 Å². The molecular formula is C15H20ClFN2O. The number of benzene rings is 1. The average molecular weight is 299 g/mol. The van der Waals surface area contributed by atoms with Crippen LogP contribution in [0.15, 0.2) is 12.1 Å². The summed E-state index contributed by atoms with van der Waals surface area (Å²) in [5.41, 5.74) is 1.50. The first-order valence-electron chi connectivity index (χ1n) is 6.92. The quantitative estimate of drug-likeness (QED) is 0.738. The first-order valence-corrected chi connectivity index (χ1v) is 7.36. The van der Waals surface area contributed by atoms with Crippen molar-refractivity contribution in [1.29, 1.82) is 0 Å². The number of nitrogens with zero attached hydrogens (tertiary/aromatic N) is 2. The molecule has 0 spiro atoms. The van der Waals surface area contributed by atoms with Crippen LogP contribution in [0.3, 0.4) is 0 Å². The molecule has 5 heteroatoms. The molecule has 0 aliphatic rings. The van der Waals surface area contributed by atoms with Crippen LogP contribution in [-0.2, 0) is 0 Å². The maximum atomic E-state index is 13.8. The summed E-state index contributed by atoms with van der Waals surface area (Å²) in [6, 6.07) is 3.42. The minimum Gasteiger partial charge on any atom is -0.494 e. The van der Waals surface area contributed by atoms with Gasteiger partial charge in [0.1, 0.15) is 5.82 Å². The highest BCUT2D eigenvalue weighted by Crippen LogP contribution is 2.33. The summed E-state index contributed by atoms with van der Waals surface area (Å²) in [4.78, 5) is 4.50. The highest BCUT2D eigenvalue weighted by molar-refractivity contribution is 6.20. The van der Waals surface area contributed by atoms with Gasteiger partial charge in [-0.1, -0.05) is 13.8 Å². The number of aromatic nitrogens is 2. The van der Waals surface area contributed by atoms with Crippen LogP contribution in [-0.4, -0.2) is 16.7 Å². The third-order valence-electron chi connectivity index (χ3n) is 3.65. The van der Waals surface area contributed by atoms with E-state index in [-0.39, 0.29) is 11.1 Å². The van der Waals surface area contributed by atoms with Crippen LogP contribution in [0.1, 0.15) is 50.9 Å².